The van der Waals surface area contributed by atoms with Crippen LogP contribution in [0.15, 0.2) is 48.5 Å². The van der Waals surface area contributed by atoms with Crippen molar-refractivity contribution >= 4 is 17.5 Å². The Kier molecular flexibility index (Phi) is 5.82. The fraction of sp³-hybridized carbons (Fsp3) is 0.391. The SMILES string of the molecule is CC(C)(C)c1ccccc1NC(=O)C1CC(=O)N(CCc2ccc(F)cc2)C1. The summed E-state index contributed by atoms with van der Waals surface area (Å²) >= 11 is 0. The molecule has 1 heterocycles. The monoisotopic (exact) mass is 382 g/mol. The molecule has 3 rings (SSSR count). The molecular formula is C23H27FN2O2. The summed E-state index contributed by atoms with van der Waals surface area (Å²) in [5.74, 6) is -0.747. The smallest absolute Gasteiger partial charge is 0.229 e. The van der Waals surface area contributed by atoms with Gasteiger partial charge in [-0.1, -0.05) is 51.1 Å². The molecule has 2 aromatic carbocycles. The van der Waals surface area contributed by atoms with Crippen molar-refractivity contribution in [1.29, 1.82) is 0 Å². The second-order valence-corrected chi connectivity index (χ2v) is 8.40. The van der Waals surface area contributed by atoms with Gasteiger partial charge in [-0.3, -0.25) is 9.59 Å². The summed E-state index contributed by atoms with van der Waals surface area (Å²) in [6, 6.07) is 14.1. The molecule has 1 aliphatic heterocycles. The fourth-order valence-electron chi connectivity index (χ4n) is 3.56. The first kappa shape index (κ1) is 20.1. The van der Waals surface area contributed by atoms with Crippen molar-refractivity contribution in [3.05, 3.63) is 65.5 Å². The summed E-state index contributed by atoms with van der Waals surface area (Å²) in [5, 5.41) is 3.02. The summed E-state index contributed by atoms with van der Waals surface area (Å²) < 4.78 is 13.0. The van der Waals surface area contributed by atoms with E-state index in [-0.39, 0.29) is 35.4 Å². The zero-order valence-corrected chi connectivity index (χ0v) is 16.7. The van der Waals surface area contributed by atoms with Crippen molar-refractivity contribution in [1.82, 2.24) is 4.90 Å². The van der Waals surface area contributed by atoms with Gasteiger partial charge in [0.15, 0.2) is 0 Å². The largest absolute Gasteiger partial charge is 0.342 e. The quantitative estimate of drug-likeness (QED) is 0.844. The number of nitrogens with one attached hydrogen (secondary N) is 1. The van der Waals surface area contributed by atoms with Crippen molar-refractivity contribution in [3.8, 4) is 0 Å². The highest BCUT2D eigenvalue weighted by Gasteiger charge is 2.34. The summed E-state index contributed by atoms with van der Waals surface area (Å²) in [7, 11) is 0. The Bertz CT molecular complexity index is 856. The Hall–Kier alpha value is -2.69. The Morgan fingerprint density at radius 1 is 1.14 bits per heavy atom. The zero-order chi connectivity index (χ0) is 20.3. The number of anilines is 1. The zero-order valence-electron chi connectivity index (χ0n) is 16.7. The molecule has 1 aliphatic rings. The van der Waals surface area contributed by atoms with E-state index in [2.05, 4.69) is 26.1 Å². The van der Waals surface area contributed by atoms with Crippen LogP contribution in [-0.4, -0.2) is 29.8 Å². The van der Waals surface area contributed by atoms with E-state index in [9.17, 15) is 14.0 Å². The number of amides is 2. The number of carbonyl (C=O) groups excluding carboxylic acids is 2. The van der Waals surface area contributed by atoms with E-state index in [1.165, 1.54) is 12.1 Å². The lowest BCUT2D eigenvalue weighted by atomic mass is 9.85. The molecule has 1 unspecified atom stereocenters. The molecule has 0 aliphatic carbocycles. The van der Waals surface area contributed by atoms with Crippen LogP contribution in [0.5, 0.6) is 0 Å². The van der Waals surface area contributed by atoms with Gasteiger partial charge in [0.25, 0.3) is 0 Å². The molecule has 1 atom stereocenters. The average molecular weight is 382 g/mol. The molecule has 0 aromatic heterocycles. The lowest BCUT2D eigenvalue weighted by Gasteiger charge is -2.23. The van der Waals surface area contributed by atoms with Gasteiger partial charge < -0.3 is 10.2 Å². The Morgan fingerprint density at radius 2 is 1.82 bits per heavy atom. The Morgan fingerprint density at radius 3 is 2.50 bits per heavy atom. The number of halogens is 1. The van der Waals surface area contributed by atoms with Crippen LogP contribution in [0.4, 0.5) is 10.1 Å². The molecule has 4 nitrogen and oxygen atoms in total. The van der Waals surface area contributed by atoms with E-state index in [1.54, 1.807) is 17.0 Å². The van der Waals surface area contributed by atoms with Crippen molar-refractivity contribution in [2.24, 2.45) is 5.92 Å². The van der Waals surface area contributed by atoms with E-state index in [0.29, 0.717) is 19.5 Å². The first-order chi connectivity index (χ1) is 13.2. The van der Waals surface area contributed by atoms with Gasteiger partial charge in [-0.05, 0) is 41.2 Å². The van der Waals surface area contributed by atoms with Crippen molar-refractivity contribution < 1.29 is 14.0 Å². The molecule has 2 amide bonds. The van der Waals surface area contributed by atoms with Gasteiger partial charge in [-0.15, -0.1) is 0 Å². The number of hydrogen-bond donors (Lipinski definition) is 1. The van der Waals surface area contributed by atoms with E-state index >= 15 is 0 Å². The van der Waals surface area contributed by atoms with Gasteiger partial charge in [0, 0.05) is 25.2 Å². The third-order valence-corrected chi connectivity index (χ3v) is 5.16. The summed E-state index contributed by atoms with van der Waals surface area (Å²) in [5.41, 5.74) is 2.76. The number of para-hydroxylation sites is 1. The number of hydrogen-bond acceptors (Lipinski definition) is 2. The first-order valence-corrected chi connectivity index (χ1v) is 9.66. The van der Waals surface area contributed by atoms with Crippen LogP contribution in [0.2, 0.25) is 0 Å². The highest BCUT2D eigenvalue weighted by atomic mass is 19.1. The van der Waals surface area contributed by atoms with E-state index < -0.39 is 0 Å². The number of likely N-dealkylation sites (tertiary alicyclic amines) is 1. The minimum absolute atomic E-state index is 0.00799. The maximum atomic E-state index is 13.0. The second kappa shape index (κ2) is 8.13. The fourth-order valence-corrected chi connectivity index (χ4v) is 3.56. The molecule has 2 aromatic rings. The van der Waals surface area contributed by atoms with Crippen LogP contribution < -0.4 is 5.32 Å². The van der Waals surface area contributed by atoms with Crippen LogP contribution in [0.25, 0.3) is 0 Å². The lowest BCUT2D eigenvalue weighted by Crippen LogP contribution is -2.30. The maximum absolute atomic E-state index is 13.0. The molecule has 0 radical (unpaired) electrons. The average Bonchev–Trinajstić information content (AvgIpc) is 3.02. The molecular weight excluding hydrogens is 355 g/mol. The van der Waals surface area contributed by atoms with Crippen LogP contribution in [0.3, 0.4) is 0 Å². The third-order valence-electron chi connectivity index (χ3n) is 5.16. The summed E-state index contributed by atoms with van der Waals surface area (Å²) in [6.45, 7) is 7.27. The Labute approximate surface area is 165 Å². The van der Waals surface area contributed by atoms with Crippen molar-refractivity contribution in [2.45, 2.75) is 39.0 Å². The predicted octanol–water partition coefficient (Wildman–Crippen LogP) is 4.15. The molecule has 0 bridgehead atoms. The van der Waals surface area contributed by atoms with Crippen molar-refractivity contribution in [2.75, 3.05) is 18.4 Å². The minimum Gasteiger partial charge on any atom is -0.342 e. The first-order valence-electron chi connectivity index (χ1n) is 9.66. The highest BCUT2D eigenvalue weighted by molar-refractivity contribution is 5.97. The van der Waals surface area contributed by atoms with Crippen LogP contribution in [0, 0.1) is 11.7 Å². The molecule has 0 saturated carbocycles. The van der Waals surface area contributed by atoms with Gasteiger partial charge in [-0.25, -0.2) is 4.39 Å². The third kappa shape index (κ3) is 4.77. The number of carbonyl (C=O) groups is 2. The van der Waals surface area contributed by atoms with E-state index in [1.807, 2.05) is 24.3 Å². The standard InChI is InChI=1S/C23H27FN2O2/c1-23(2,3)19-6-4-5-7-20(19)25-22(28)17-14-21(27)26(15-17)13-12-16-8-10-18(24)11-9-16/h4-11,17H,12-15H2,1-3H3,(H,25,28). The molecule has 0 spiro atoms. The maximum Gasteiger partial charge on any atom is 0.229 e. The van der Waals surface area contributed by atoms with Gasteiger partial charge in [0.05, 0.1) is 5.92 Å². The summed E-state index contributed by atoms with van der Waals surface area (Å²) in [6.07, 6.45) is 0.875. The van der Waals surface area contributed by atoms with E-state index in [0.717, 1.165) is 16.8 Å². The predicted molar refractivity (Wildman–Crippen MR) is 109 cm³/mol. The van der Waals surface area contributed by atoms with Crippen molar-refractivity contribution in [3.63, 3.8) is 0 Å². The van der Waals surface area contributed by atoms with Gasteiger partial charge in [0.1, 0.15) is 5.82 Å². The van der Waals surface area contributed by atoms with Gasteiger partial charge >= 0.3 is 0 Å². The minimum atomic E-state index is -0.353. The molecule has 5 heteroatoms. The topological polar surface area (TPSA) is 49.4 Å². The molecule has 1 fully saturated rings. The number of benzene rings is 2. The summed E-state index contributed by atoms with van der Waals surface area (Å²) in [4.78, 5) is 26.8. The Balaban J connectivity index is 1.60. The van der Waals surface area contributed by atoms with Crippen LogP contribution in [-0.2, 0) is 21.4 Å². The van der Waals surface area contributed by atoms with Gasteiger partial charge in [0.2, 0.25) is 11.8 Å². The number of nitrogens with zero attached hydrogens (tertiary/aromatic N) is 1. The second-order valence-electron chi connectivity index (χ2n) is 8.40. The van der Waals surface area contributed by atoms with Crippen LogP contribution >= 0.6 is 0 Å². The normalized spacial score (nSPS) is 17.1. The number of rotatable bonds is 5. The molecule has 28 heavy (non-hydrogen) atoms. The molecule has 148 valence electrons. The van der Waals surface area contributed by atoms with Crippen LogP contribution in [0.1, 0.15) is 38.3 Å². The van der Waals surface area contributed by atoms with E-state index in [4.69, 9.17) is 0 Å². The molecule has 1 saturated heterocycles. The molecule has 1 N–H and O–H groups in total. The highest BCUT2D eigenvalue weighted by Crippen LogP contribution is 2.30. The van der Waals surface area contributed by atoms with Gasteiger partial charge in [-0.2, -0.15) is 0 Å². The lowest BCUT2D eigenvalue weighted by molar-refractivity contribution is -0.128.